The Labute approximate surface area is 164 Å². The lowest BCUT2D eigenvalue weighted by Gasteiger charge is -2.17. The molecule has 0 bridgehead atoms. The van der Waals surface area contributed by atoms with Crippen molar-refractivity contribution in [3.05, 3.63) is 54.1 Å². The molecular weight excluding hydrogens is 358 g/mol. The standard InChI is InChI=1S/C22H25NO5/c1-14(2)15(3)23-21(25)13-27-22(26)19-7-5-17(6-8-19)18-9-11-20(12-10-18)28-16(4)24/h5-12,14-15H,13H2,1-4H3,(H,23,25)/t15-/m1/s1. The topological polar surface area (TPSA) is 81.7 Å². The highest BCUT2D eigenvalue weighted by molar-refractivity contribution is 5.92. The van der Waals surface area contributed by atoms with Crippen LogP contribution in [0, 0.1) is 5.92 Å². The number of hydrogen-bond acceptors (Lipinski definition) is 5. The third-order valence-electron chi connectivity index (χ3n) is 4.29. The summed E-state index contributed by atoms with van der Waals surface area (Å²) < 4.78 is 10.1. The van der Waals surface area contributed by atoms with Crippen LogP contribution < -0.4 is 10.1 Å². The highest BCUT2D eigenvalue weighted by atomic mass is 16.5. The van der Waals surface area contributed by atoms with E-state index in [0.717, 1.165) is 11.1 Å². The van der Waals surface area contributed by atoms with E-state index in [4.69, 9.17) is 9.47 Å². The van der Waals surface area contributed by atoms with E-state index in [-0.39, 0.29) is 24.5 Å². The van der Waals surface area contributed by atoms with Crippen molar-refractivity contribution in [1.29, 1.82) is 0 Å². The van der Waals surface area contributed by atoms with E-state index in [9.17, 15) is 14.4 Å². The summed E-state index contributed by atoms with van der Waals surface area (Å²) >= 11 is 0. The highest BCUT2D eigenvalue weighted by Crippen LogP contribution is 2.23. The Morgan fingerprint density at radius 1 is 0.893 bits per heavy atom. The minimum Gasteiger partial charge on any atom is -0.452 e. The maximum Gasteiger partial charge on any atom is 0.338 e. The maximum atomic E-state index is 12.1. The number of amides is 1. The molecular formula is C22H25NO5. The van der Waals surface area contributed by atoms with Crippen molar-refractivity contribution in [2.45, 2.75) is 33.7 Å². The van der Waals surface area contributed by atoms with Gasteiger partial charge in [0.15, 0.2) is 6.61 Å². The van der Waals surface area contributed by atoms with Crippen LogP contribution in [0.1, 0.15) is 38.1 Å². The van der Waals surface area contributed by atoms with Gasteiger partial charge in [0.25, 0.3) is 5.91 Å². The second-order valence-corrected chi connectivity index (χ2v) is 6.87. The van der Waals surface area contributed by atoms with Crippen molar-refractivity contribution in [2.24, 2.45) is 5.92 Å². The first-order chi connectivity index (χ1) is 13.3. The molecule has 6 nitrogen and oxygen atoms in total. The van der Waals surface area contributed by atoms with E-state index < -0.39 is 5.97 Å². The Morgan fingerprint density at radius 2 is 1.43 bits per heavy atom. The normalized spacial score (nSPS) is 11.6. The minimum absolute atomic E-state index is 0.0118. The van der Waals surface area contributed by atoms with Crippen molar-refractivity contribution < 1.29 is 23.9 Å². The van der Waals surface area contributed by atoms with Gasteiger partial charge in [-0.15, -0.1) is 0 Å². The van der Waals surface area contributed by atoms with Crippen LogP contribution in [-0.4, -0.2) is 30.5 Å². The lowest BCUT2D eigenvalue weighted by molar-refractivity contribution is -0.132. The molecule has 0 radical (unpaired) electrons. The van der Waals surface area contributed by atoms with E-state index in [1.54, 1.807) is 36.4 Å². The smallest absolute Gasteiger partial charge is 0.338 e. The van der Waals surface area contributed by atoms with Crippen LogP contribution in [0.5, 0.6) is 5.75 Å². The molecule has 0 saturated heterocycles. The zero-order chi connectivity index (χ0) is 20.7. The third-order valence-corrected chi connectivity index (χ3v) is 4.29. The fourth-order valence-electron chi connectivity index (χ4n) is 2.36. The number of esters is 2. The number of carbonyl (C=O) groups excluding carboxylic acids is 3. The molecule has 0 aliphatic rings. The fourth-order valence-corrected chi connectivity index (χ4v) is 2.36. The molecule has 0 spiro atoms. The summed E-state index contributed by atoms with van der Waals surface area (Å²) in [4.78, 5) is 34.9. The molecule has 0 aliphatic heterocycles. The lowest BCUT2D eigenvalue weighted by Crippen LogP contribution is -2.38. The molecule has 1 atom stereocenters. The fraction of sp³-hybridized carbons (Fsp3) is 0.318. The summed E-state index contributed by atoms with van der Waals surface area (Å²) in [6.07, 6.45) is 0. The van der Waals surface area contributed by atoms with E-state index in [2.05, 4.69) is 5.32 Å². The first-order valence-electron chi connectivity index (χ1n) is 9.11. The molecule has 2 aromatic carbocycles. The Morgan fingerprint density at radius 3 is 1.93 bits per heavy atom. The largest absolute Gasteiger partial charge is 0.452 e. The van der Waals surface area contributed by atoms with Crippen molar-refractivity contribution >= 4 is 17.8 Å². The van der Waals surface area contributed by atoms with Crippen molar-refractivity contribution in [3.63, 3.8) is 0 Å². The van der Waals surface area contributed by atoms with Gasteiger partial charge in [0, 0.05) is 13.0 Å². The Hall–Kier alpha value is -3.15. The molecule has 28 heavy (non-hydrogen) atoms. The van der Waals surface area contributed by atoms with E-state index in [0.29, 0.717) is 17.2 Å². The summed E-state index contributed by atoms with van der Waals surface area (Å²) in [6, 6.07) is 13.9. The molecule has 6 heteroatoms. The number of ether oxygens (including phenoxy) is 2. The molecule has 148 valence electrons. The van der Waals surface area contributed by atoms with Gasteiger partial charge in [-0.2, -0.15) is 0 Å². The predicted molar refractivity (Wildman–Crippen MR) is 106 cm³/mol. The number of benzene rings is 2. The van der Waals surface area contributed by atoms with Crippen LogP contribution in [0.4, 0.5) is 0 Å². The first kappa shape index (κ1) is 21.2. The minimum atomic E-state index is -0.552. The maximum absolute atomic E-state index is 12.1. The predicted octanol–water partition coefficient (Wildman–Crippen LogP) is 3.60. The van der Waals surface area contributed by atoms with Gasteiger partial charge in [0.1, 0.15) is 5.75 Å². The van der Waals surface area contributed by atoms with Crippen molar-refractivity contribution in [1.82, 2.24) is 5.32 Å². The third kappa shape index (κ3) is 6.23. The Balaban J connectivity index is 1.93. The number of rotatable bonds is 7. The van der Waals surface area contributed by atoms with Gasteiger partial charge in [0.2, 0.25) is 0 Å². The zero-order valence-electron chi connectivity index (χ0n) is 16.5. The molecule has 1 amide bonds. The van der Waals surface area contributed by atoms with Gasteiger partial charge in [-0.1, -0.05) is 38.1 Å². The van der Waals surface area contributed by atoms with Gasteiger partial charge >= 0.3 is 11.9 Å². The monoisotopic (exact) mass is 383 g/mol. The summed E-state index contributed by atoms with van der Waals surface area (Å²) in [7, 11) is 0. The first-order valence-corrected chi connectivity index (χ1v) is 9.11. The number of nitrogens with one attached hydrogen (secondary N) is 1. The van der Waals surface area contributed by atoms with Gasteiger partial charge in [-0.25, -0.2) is 4.79 Å². The number of carbonyl (C=O) groups is 3. The molecule has 0 unspecified atom stereocenters. The van der Waals surface area contributed by atoms with Gasteiger partial charge in [0.05, 0.1) is 5.56 Å². The van der Waals surface area contributed by atoms with Gasteiger partial charge < -0.3 is 14.8 Å². The summed E-state index contributed by atoms with van der Waals surface area (Å²) in [5.74, 6) is -0.470. The van der Waals surface area contributed by atoms with E-state index in [1.807, 2.05) is 32.9 Å². The quantitative estimate of drug-likeness (QED) is 0.584. The van der Waals surface area contributed by atoms with Gasteiger partial charge in [-0.05, 0) is 48.2 Å². The summed E-state index contributed by atoms with van der Waals surface area (Å²) in [5, 5.41) is 2.79. The molecule has 0 aliphatic carbocycles. The molecule has 2 aromatic rings. The van der Waals surface area contributed by atoms with Crippen molar-refractivity contribution in [3.8, 4) is 16.9 Å². The molecule has 2 rings (SSSR count). The summed E-state index contributed by atoms with van der Waals surface area (Å²) in [6.45, 7) is 6.95. The molecule has 0 saturated carbocycles. The van der Waals surface area contributed by atoms with Crippen molar-refractivity contribution in [2.75, 3.05) is 6.61 Å². The highest BCUT2D eigenvalue weighted by Gasteiger charge is 2.14. The van der Waals surface area contributed by atoms with Crippen LogP contribution in [0.2, 0.25) is 0 Å². The second-order valence-electron chi connectivity index (χ2n) is 6.87. The average Bonchev–Trinajstić information content (AvgIpc) is 2.66. The Bertz CT molecular complexity index is 825. The van der Waals surface area contributed by atoms with Gasteiger partial charge in [-0.3, -0.25) is 9.59 Å². The van der Waals surface area contributed by atoms with Crippen LogP contribution >= 0.6 is 0 Å². The van der Waals surface area contributed by atoms with Crippen LogP contribution in [0.3, 0.4) is 0 Å². The van der Waals surface area contributed by atoms with E-state index in [1.165, 1.54) is 6.92 Å². The van der Waals surface area contributed by atoms with Crippen LogP contribution in [0.15, 0.2) is 48.5 Å². The molecule has 0 aromatic heterocycles. The average molecular weight is 383 g/mol. The summed E-state index contributed by atoms with van der Waals surface area (Å²) in [5.41, 5.74) is 2.18. The molecule has 1 N–H and O–H groups in total. The lowest BCUT2D eigenvalue weighted by atomic mass is 10.0. The SMILES string of the molecule is CC(=O)Oc1ccc(-c2ccc(C(=O)OCC(=O)N[C@H](C)C(C)C)cc2)cc1. The second kappa shape index (κ2) is 9.69. The Kier molecular flexibility index (Phi) is 7.32. The molecule has 0 fully saturated rings. The van der Waals surface area contributed by atoms with E-state index >= 15 is 0 Å². The zero-order valence-corrected chi connectivity index (χ0v) is 16.5. The van der Waals surface area contributed by atoms with Crippen LogP contribution in [0.25, 0.3) is 11.1 Å². The molecule has 0 heterocycles. The van der Waals surface area contributed by atoms with Crippen LogP contribution in [-0.2, 0) is 14.3 Å². The number of hydrogen-bond donors (Lipinski definition) is 1.